The van der Waals surface area contributed by atoms with Gasteiger partial charge >= 0.3 is 11.9 Å². The first kappa shape index (κ1) is 63.7. The molecule has 9 nitrogen and oxygen atoms in total. The van der Waals surface area contributed by atoms with Gasteiger partial charge in [0.15, 0.2) is 6.10 Å². The molecule has 0 N–H and O–H groups in total. The second-order valence-electron chi connectivity index (χ2n) is 19.2. The molecule has 0 rings (SSSR count). The molecule has 10 heteroatoms. The van der Waals surface area contributed by atoms with Gasteiger partial charge in [0, 0.05) is 12.8 Å². The highest BCUT2D eigenvalue weighted by molar-refractivity contribution is 7.45. The van der Waals surface area contributed by atoms with Crippen molar-refractivity contribution in [2.24, 2.45) is 0 Å². The number of carbonyl (C=O) groups excluding carboxylic acids is 2. The quantitative estimate of drug-likeness (QED) is 0.0195. The van der Waals surface area contributed by atoms with Gasteiger partial charge < -0.3 is 27.9 Å². The lowest BCUT2D eigenvalue weighted by atomic mass is 10.0. The van der Waals surface area contributed by atoms with Crippen molar-refractivity contribution < 1.29 is 42.1 Å². The second kappa shape index (κ2) is 47.8. The zero-order valence-electron chi connectivity index (χ0n) is 43.4. The van der Waals surface area contributed by atoms with E-state index in [1.54, 1.807) is 0 Å². The average molecular weight is 948 g/mol. The van der Waals surface area contributed by atoms with Gasteiger partial charge in [0.05, 0.1) is 27.7 Å². The molecule has 0 amide bonds. The minimum Gasteiger partial charge on any atom is -0.756 e. The number of rotatable bonds is 49. The molecular formula is C56H102NO8P. The number of allylic oxidation sites excluding steroid dienone is 10. The Bertz CT molecular complexity index is 1300. The van der Waals surface area contributed by atoms with E-state index in [9.17, 15) is 19.0 Å². The summed E-state index contributed by atoms with van der Waals surface area (Å²) in [6.45, 7) is 4.12. The first-order valence-electron chi connectivity index (χ1n) is 27.0. The van der Waals surface area contributed by atoms with Crippen molar-refractivity contribution in [3.05, 3.63) is 60.8 Å². The van der Waals surface area contributed by atoms with Crippen molar-refractivity contribution in [3.63, 3.8) is 0 Å². The molecule has 2 atom stereocenters. The van der Waals surface area contributed by atoms with Gasteiger partial charge in [-0.1, -0.05) is 222 Å². The smallest absolute Gasteiger partial charge is 0.306 e. The predicted octanol–water partition coefficient (Wildman–Crippen LogP) is 15.7. The van der Waals surface area contributed by atoms with Crippen molar-refractivity contribution in [2.45, 2.75) is 238 Å². The van der Waals surface area contributed by atoms with Gasteiger partial charge in [0.1, 0.15) is 19.8 Å². The number of carbonyl (C=O) groups is 2. The minimum atomic E-state index is -4.63. The molecule has 384 valence electrons. The van der Waals surface area contributed by atoms with E-state index in [0.29, 0.717) is 17.4 Å². The summed E-state index contributed by atoms with van der Waals surface area (Å²) in [4.78, 5) is 37.7. The van der Waals surface area contributed by atoms with Crippen LogP contribution in [-0.4, -0.2) is 70.0 Å². The van der Waals surface area contributed by atoms with E-state index in [4.69, 9.17) is 18.5 Å². The lowest BCUT2D eigenvalue weighted by Gasteiger charge is -2.28. The summed E-state index contributed by atoms with van der Waals surface area (Å²) in [6, 6.07) is 0. The Morgan fingerprint density at radius 3 is 1.29 bits per heavy atom. The third-order valence-electron chi connectivity index (χ3n) is 11.6. The molecule has 66 heavy (non-hydrogen) atoms. The van der Waals surface area contributed by atoms with Crippen LogP contribution in [0, 0.1) is 0 Å². The number of phosphoric ester groups is 1. The van der Waals surface area contributed by atoms with Crippen LogP contribution in [0.4, 0.5) is 0 Å². The Morgan fingerprint density at radius 2 is 0.864 bits per heavy atom. The lowest BCUT2D eigenvalue weighted by molar-refractivity contribution is -0.870. The molecule has 0 aliphatic carbocycles. The number of likely N-dealkylation sites (N-methyl/N-ethyl adjacent to an activating group) is 1. The molecule has 2 unspecified atom stereocenters. The van der Waals surface area contributed by atoms with E-state index in [1.807, 2.05) is 21.1 Å². The molecular weight excluding hydrogens is 846 g/mol. The van der Waals surface area contributed by atoms with E-state index in [1.165, 1.54) is 128 Å². The summed E-state index contributed by atoms with van der Waals surface area (Å²) in [6.07, 6.45) is 59.8. The maximum absolute atomic E-state index is 12.7. The van der Waals surface area contributed by atoms with Crippen LogP contribution in [0.15, 0.2) is 60.8 Å². The Hall–Kier alpha value is -2.29. The van der Waals surface area contributed by atoms with E-state index in [2.05, 4.69) is 74.6 Å². The molecule has 0 saturated heterocycles. The second-order valence-corrected chi connectivity index (χ2v) is 20.6. The van der Waals surface area contributed by atoms with Crippen LogP contribution in [-0.2, 0) is 32.7 Å². The third kappa shape index (κ3) is 51.1. The molecule has 0 radical (unpaired) electrons. The maximum Gasteiger partial charge on any atom is 0.306 e. The van der Waals surface area contributed by atoms with Crippen LogP contribution in [0.2, 0.25) is 0 Å². The lowest BCUT2D eigenvalue weighted by Crippen LogP contribution is -2.37. The van der Waals surface area contributed by atoms with Crippen LogP contribution < -0.4 is 4.89 Å². The Labute approximate surface area is 406 Å². The fraction of sp³-hybridized carbons (Fsp3) is 0.786. The molecule has 0 aromatic rings. The minimum absolute atomic E-state index is 0.0304. The monoisotopic (exact) mass is 948 g/mol. The normalized spacial score (nSPS) is 13.8. The largest absolute Gasteiger partial charge is 0.756 e. The number of nitrogens with zero attached hydrogens (tertiary/aromatic N) is 1. The van der Waals surface area contributed by atoms with Gasteiger partial charge in [-0.3, -0.25) is 14.2 Å². The zero-order valence-corrected chi connectivity index (χ0v) is 44.3. The van der Waals surface area contributed by atoms with Gasteiger partial charge in [0.25, 0.3) is 7.82 Å². The van der Waals surface area contributed by atoms with E-state index < -0.39 is 26.5 Å². The van der Waals surface area contributed by atoms with Gasteiger partial charge in [0.2, 0.25) is 0 Å². The number of ether oxygens (including phenoxy) is 2. The number of quaternary nitrogens is 1. The van der Waals surface area contributed by atoms with Gasteiger partial charge in [-0.2, -0.15) is 0 Å². The summed E-state index contributed by atoms with van der Waals surface area (Å²) in [5.74, 6) is -0.829. The highest BCUT2D eigenvalue weighted by Crippen LogP contribution is 2.38. The van der Waals surface area contributed by atoms with Crippen LogP contribution in [0.5, 0.6) is 0 Å². The Morgan fingerprint density at radius 1 is 0.485 bits per heavy atom. The van der Waals surface area contributed by atoms with Gasteiger partial charge in [-0.05, 0) is 57.8 Å². The molecule has 0 aromatic heterocycles. The molecule has 0 aliphatic rings. The highest BCUT2D eigenvalue weighted by Gasteiger charge is 2.21. The number of hydrogen-bond acceptors (Lipinski definition) is 8. The molecule has 0 heterocycles. The molecule has 0 saturated carbocycles. The maximum atomic E-state index is 12.7. The summed E-state index contributed by atoms with van der Waals surface area (Å²) in [5.41, 5.74) is 0. The third-order valence-corrected chi connectivity index (χ3v) is 12.5. The molecule has 0 spiro atoms. The van der Waals surface area contributed by atoms with Crippen molar-refractivity contribution in [1.29, 1.82) is 0 Å². The summed E-state index contributed by atoms with van der Waals surface area (Å²) < 4.78 is 34.0. The highest BCUT2D eigenvalue weighted by atomic mass is 31.2. The van der Waals surface area contributed by atoms with Gasteiger partial charge in [-0.25, -0.2) is 0 Å². The molecule has 0 aromatic carbocycles. The van der Waals surface area contributed by atoms with Crippen molar-refractivity contribution in [1.82, 2.24) is 0 Å². The molecule has 0 bridgehead atoms. The van der Waals surface area contributed by atoms with Crippen molar-refractivity contribution in [3.8, 4) is 0 Å². The van der Waals surface area contributed by atoms with E-state index in [-0.39, 0.29) is 32.0 Å². The Kier molecular flexibility index (Phi) is 46.1. The van der Waals surface area contributed by atoms with Crippen LogP contribution in [0.25, 0.3) is 0 Å². The fourth-order valence-corrected chi connectivity index (χ4v) is 8.12. The summed E-state index contributed by atoms with van der Waals surface area (Å²) in [5, 5.41) is 0. The van der Waals surface area contributed by atoms with E-state index >= 15 is 0 Å². The van der Waals surface area contributed by atoms with Crippen LogP contribution in [0.3, 0.4) is 0 Å². The summed E-state index contributed by atoms with van der Waals surface area (Å²) >= 11 is 0. The first-order chi connectivity index (χ1) is 32.0. The van der Waals surface area contributed by atoms with Crippen molar-refractivity contribution in [2.75, 3.05) is 47.5 Å². The number of hydrogen-bond donors (Lipinski definition) is 0. The van der Waals surface area contributed by atoms with E-state index in [0.717, 1.165) is 70.6 Å². The molecule has 0 fully saturated rings. The van der Waals surface area contributed by atoms with Crippen molar-refractivity contribution >= 4 is 19.8 Å². The number of esters is 2. The SMILES string of the molecule is CC/C=C\C/C=C\C/C=C\C/C=C\C/C=C\CCCCCCCCCCCCCCCCCC(=O)OC(COC(=O)CCCCCCCCCCCCC)COP(=O)([O-])OCC[N+](C)(C)C. The first-order valence-corrected chi connectivity index (χ1v) is 28.5. The fourth-order valence-electron chi connectivity index (χ4n) is 7.39. The molecule has 0 aliphatic heterocycles. The topological polar surface area (TPSA) is 111 Å². The van der Waals surface area contributed by atoms with Crippen LogP contribution in [0.1, 0.15) is 232 Å². The Balaban J connectivity index is 4.05. The zero-order chi connectivity index (χ0) is 48.5. The summed E-state index contributed by atoms with van der Waals surface area (Å²) in [7, 11) is 1.17. The predicted molar refractivity (Wildman–Crippen MR) is 277 cm³/mol. The van der Waals surface area contributed by atoms with Gasteiger partial charge in [-0.15, -0.1) is 0 Å². The number of unbranched alkanes of at least 4 members (excludes halogenated alkanes) is 25. The number of phosphoric acid groups is 1. The standard InChI is InChI=1S/C56H102NO8P/c1-6-8-10-12-14-16-18-19-20-21-22-23-24-25-26-27-28-29-30-31-32-33-34-35-36-37-39-41-43-45-47-49-56(59)65-54(53-64-66(60,61)63-51-50-57(3,4)5)52-62-55(58)48-46-44-42-40-38-17-15-13-11-9-7-2/h8,10,14,16,19-20,22-23,25-26,54H,6-7,9,11-13,15,17-18,21,24,27-53H2,1-5H3/b10-8-,16-14-,20-19-,23-22-,26-25-. The average Bonchev–Trinajstić information content (AvgIpc) is 3.27. The van der Waals surface area contributed by atoms with Crippen LogP contribution >= 0.6 is 7.82 Å².